The van der Waals surface area contributed by atoms with Gasteiger partial charge in [-0.25, -0.2) is 4.39 Å². The first-order chi connectivity index (χ1) is 8.68. The van der Waals surface area contributed by atoms with Crippen LogP contribution in [0, 0.1) is 11.7 Å². The molecule has 1 unspecified atom stereocenters. The molecular weight excluding hydrogens is 231 g/mol. The van der Waals surface area contributed by atoms with E-state index < -0.39 is 0 Å². The number of amides is 1. The maximum Gasteiger partial charge on any atom is 0.226 e. The van der Waals surface area contributed by atoms with Gasteiger partial charge in [0.1, 0.15) is 5.82 Å². The van der Waals surface area contributed by atoms with Gasteiger partial charge < -0.3 is 10.2 Å². The summed E-state index contributed by atoms with van der Waals surface area (Å²) in [6.45, 7) is 2.25. The van der Waals surface area contributed by atoms with Crippen LogP contribution in [0.5, 0.6) is 0 Å². The van der Waals surface area contributed by atoms with E-state index in [-0.39, 0.29) is 17.6 Å². The highest BCUT2D eigenvalue weighted by atomic mass is 19.1. The Morgan fingerprint density at radius 3 is 2.94 bits per heavy atom. The van der Waals surface area contributed by atoms with Crippen LogP contribution < -0.4 is 5.32 Å². The van der Waals surface area contributed by atoms with Crippen LogP contribution in [0.2, 0.25) is 0 Å². The number of hydrogen-bond acceptors (Lipinski definition) is 2. The predicted octanol–water partition coefficient (Wildman–Crippen LogP) is 1.44. The molecule has 1 aliphatic heterocycles. The third-order valence-corrected chi connectivity index (χ3v) is 3.46. The van der Waals surface area contributed by atoms with Crippen molar-refractivity contribution in [3.05, 3.63) is 35.6 Å². The number of halogens is 1. The molecule has 1 heterocycles. The summed E-state index contributed by atoms with van der Waals surface area (Å²) in [5.74, 6) is 0.0628. The molecule has 0 aliphatic carbocycles. The van der Waals surface area contributed by atoms with Crippen molar-refractivity contribution in [2.75, 3.05) is 26.7 Å². The molecule has 1 N–H and O–H groups in total. The number of carbonyl (C=O) groups excluding carboxylic acids is 1. The second-order valence-corrected chi connectivity index (χ2v) is 4.79. The minimum atomic E-state index is -0.194. The lowest BCUT2D eigenvalue weighted by Gasteiger charge is -2.20. The van der Waals surface area contributed by atoms with Crippen molar-refractivity contribution in [1.29, 1.82) is 0 Å². The molecule has 4 heteroatoms. The smallest absolute Gasteiger partial charge is 0.226 e. The quantitative estimate of drug-likeness (QED) is 0.877. The van der Waals surface area contributed by atoms with Crippen molar-refractivity contribution in [2.24, 2.45) is 5.92 Å². The summed E-state index contributed by atoms with van der Waals surface area (Å²) in [7, 11) is 1.79. The largest absolute Gasteiger partial charge is 0.345 e. The summed E-state index contributed by atoms with van der Waals surface area (Å²) < 4.78 is 13.4. The van der Waals surface area contributed by atoms with Crippen molar-refractivity contribution < 1.29 is 9.18 Å². The zero-order valence-electron chi connectivity index (χ0n) is 10.7. The highest BCUT2D eigenvalue weighted by Crippen LogP contribution is 2.12. The Balaban J connectivity index is 1.86. The molecule has 1 atom stereocenters. The molecule has 18 heavy (non-hydrogen) atoms. The van der Waals surface area contributed by atoms with E-state index in [2.05, 4.69) is 5.32 Å². The first-order valence-electron chi connectivity index (χ1n) is 6.37. The minimum Gasteiger partial charge on any atom is -0.345 e. The van der Waals surface area contributed by atoms with Crippen LogP contribution in [0.1, 0.15) is 12.0 Å². The molecule has 0 bridgehead atoms. The molecule has 1 saturated heterocycles. The van der Waals surface area contributed by atoms with E-state index in [0.29, 0.717) is 18.5 Å². The van der Waals surface area contributed by atoms with Crippen LogP contribution in [0.25, 0.3) is 0 Å². The lowest BCUT2D eigenvalue weighted by molar-refractivity contribution is -0.133. The van der Waals surface area contributed by atoms with Gasteiger partial charge in [-0.3, -0.25) is 4.79 Å². The number of nitrogens with one attached hydrogen (secondary N) is 1. The maximum atomic E-state index is 13.4. The number of rotatable bonds is 4. The summed E-state index contributed by atoms with van der Waals surface area (Å²) in [6, 6.07) is 6.72. The molecule has 0 spiro atoms. The number of hydrogen-bond donors (Lipinski definition) is 1. The van der Waals surface area contributed by atoms with Crippen LogP contribution in [0.4, 0.5) is 4.39 Å². The SMILES string of the molecule is CN(CCc1ccccc1F)C(=O)C1CCNC1. The van der Waals surface area contributed by atoms with Crippen molar-refractivity contribution >= 4 is 5.91 Å². The first kappa shape index (κ1) is 13.0. The third-order valence-electron chi connectivity index (χ3n) is 3.46. The highest BCUT2D eigenvalue weighted by Gasteiger charge is 2.24. The molecule has 3 nitrogen and oxygen atoms in total. The molecule has 1 amide bonds. The molecule has 0 aromatic heterocycles. The monoisotopic (exact) mass is 250 g/mol. The molecule has 1 fully saturated rings. The average Bonchev–Trinajstić information content (AvgIpc) is 2.90. The molecular formula is C14H19FN2O. The molecule has 2 rings (SSSR count). The Bertz CT molecular complexity index is 416. The van der Waals surface area contributed by atoms with Crippen LogP contribution in [-0.4, -0.2) is 37.5 Å². The summed E-state index contributed by atoms with van der Waals surface area (Å²) >= 11 is 0. The van der Waals surface area contributed by atoms with Gasteiger partial charge >= 0.3 is 0 Å². The Morgan fingerprint density at radius 1 is 1.50 bits per heavy atom. The van der Waals surface area contributed by atoms with Gasteiger partial charge in [0, 0.05) is 20.1 Å². The topological polar surface area (TPSA) is 32.3 Å². The summed E-state index contributed by atoms with van der Waals surface area (Å²) in [5, 5.41) is 3.18. The Labute approximate surface area is 107 Å². The van der Waals surface area contributed by atoms with Crippen molar-refractivity contribution in [3.63, 3.8) is 0 Å². The van der Waals surface area contributed by atoms with E-state index in [0.717, 1.165) is 19.5 Å². The van der Waals surface area contributed by atoms with E-state index >= 15 is 0 Å². The van der Waals surface area contributed by atoms with Gasteiger partial charge in [0.25, 0.3) is 0 Å². The van der Waals surface area contributed by atoms with Gasteiger partial charge in [-0.2, -0.15) is 0 Å². The van der Waals surface area contributed by atoms with E-state index in [4.69, 9.17) is 0 Å². The number of likely N-dealkylation sites (N-methyl/N-ethyl adjacent to an activating group) is 1. The normalized spacial score (nSPS) is 18.9. The number of nitrogens with zero attached hydrogens (tertiary/aromatic N) is 1. The van der Waals surface area contributed by atoms with E-state index in [9.17, 15) is 9.18 Å². The molecule has 0 radical (unpaired) electrons. The standard InChI is InChI=1S/C14H19FN2O/c1-17(14(18)12-6-8-16-10-12)9-7-11-4-2-3-5-13(11)15/h2-5,12,16H,6-10H2,1H3. The maximum absolute atomic E-state index is 13.4. The van der Waals surface area contributed by atoms with Gasteiger partial charge in [-0.05, 0) is 31.0 Å². The summed E-state index contributed by atoms with van der Waals surface area (Å²) in [4.78, 5) is 13.8. The molecule has 1 aromatic carbocycles. The van der Waals surface area contributed by atoms with Gasteiger partial charge in [0.15, 0.2) is 0 Å². The Hall–Kier alpha value is -1.42. The lowest BCUT2D eigenvalue weighted by Crippen LogP contribution is -2.35. The Kier molecular flexibility index (Phi) is 4.31. The Morgan fingerprint density at radius 2 is 2.28 bits per heavy atom. The zero-order valence-corrected chi connectivity index (χ0v) is 10.7. The summed E-state index contributed by atoms with van der Waals surface area (Å²) in [6.07, 6.45) is 1.47. The molecule has 0 saturated carbocycles. The number of benzene rings is 1. The zero-order chi connectivity index (χ0) is 13.0. The second kappa shape index (κ2) is 5.96. The third kappa shape index (κ3) is 3.07. The summed E-state index contributed by atoms with van der Waals surface area (Å²) in [5.41, 5.74) is 0.668. The fraction of sp³-hybridized carbons (Fsp3) is 0.500. The fourth-order valence-corrected chi connectivity index (χ4v) is 2.28. The van der Waals surface area contributed by atoms with Gasteiger partial charge in [0.05, 0.1) is 5.92 Å². The molecule has 98 valence electrons. The van der Waals surface area contributed by atoms with Crippen LogP contribution in [0.15, 0.2) is 24.3 Å². The van der Waals surface area contributed by atoms with Crippen molar-refractivity contribution in [3.8, 4) is 0 Å². The van der Waals surface area contributed by atoms with E-state index in [1.54, 1.807) is 24.1 Å². The van der Waals surface area contributed by atoms with Crippen molar-refractivity contribution in [2.45, 2.75) is 12.8 Å². The lowest BCUT2D eigenvalue weighted by atomic mass is 10.1. The van der Waals surface area contributed by atoms with Crippen LogP contribution in [-0.2, 0) is 11.2 Å². The van der Waals surface area contributed by atoms with E-state index in [1.807, 2.05) is 6.07 Å². The number of carbonyl (C=O) groups is 1. The predicted molar refractivity (Wildman–Crippen MR) is 68.7 cm³/mol. The molecule has 1 aromatic rings. The van der Waals surface area contributed by atoms with E-state index in [1.165, 1.54) is 6.07 Å². The van der Waals surface area contributed by atoms with Crippen LogP contribution in [0.3, 0.4) is 0 Å². The van der Waals surface area contributed by atoms with Gasteiger partial charge in [0.2, 0.25) is 5.91 Å². The molecule has 1 aliphatic rings. The average molecular weight is 250 g/mol. The first-order valence-corrected chi connectivity index (χ1v) is 6.37. The minimum absolute atomic E-state index is 0.0932. The van der Waals surface area contributed by atoms with Gasteiger partial charge in [-0.15, -0.1) is 0 Å². The van der Waals surface area contributed by atoms with Gasteiger partial charge in [-0.1, -0.05) is 18.2 Å². The second-order valence-electron chi connectivity index (χ2n) is 4.79. The van der Waals surface area contributed by atoms with Crippen molar-refractivity contribution in [1.82, 2.24) is 10.2 Å². The van der Waals surface area contributed by atoms with Crippen LogP contribution >= 0.6 is 0 Å². The highest BCUT2D eigenvalue weighted by molar-refractivity contribution is 5.79. The fourth-order valence-electron chi connectivity index (χ4n) is 2.28.